The summed E-state index contributed by atoms with van der Waals surface area (Å²) in [7, 11) is 2.20. The second-order valence-electron chi connectivity index (χ2n) is 5.69. The normalized spacial score (nSPS) is 19.8. The second-order valence-corrected chi connectivity index (χ2v) is 5.69. The number of likely N-dealkylation sites (N-methyl/N-ethyl adjacent to an activating group) is 1. The first-order valence-electron chi connectivity index (χ1n) is 7.42. The van der Waals surface area contributed by atoms with Crippen LogP contribution in [0.3, 0.4) is 0 Å². The van der Waals surface area contributed by atoms with Crippen molar-refractivity contribution in [3.8, 4) is 11.1 Å². The third-order valence-electron chi connectivity index (χ3n) is 3.99. The Morgan fingerprint density at radius 1 is 0.950 bits per heavy atom. The van der Waals surface area contributed by atoms with Gasteiger partial charge in [0.2, 0.25) is 0 Å². The first-order chi connectivity index (χ1) is 9.81. The van der Waals surface area contributed by atoms with Crippen molar-refractivity contribution in [2.24, 2.45) is 0 Å². The van der Waals surface area contributed by atoms with Gasteiger partial charge in [-0.25, -0.2) is 0 Å². The van der Waals surface area contributed by atoms with E-state index >= 15 is 0 Å². The molecule has 3 rings (SSSR count). The summed E-state index contributed by atoms with van der Waals surface area (Å²) in [6.07, 6.45) is 2.56. The van der Waals surface area contributed by atoms with E-state index < -0.39 is 0 Å². The SMILES string of the molecule is CN1CCCC(Nc2ccc(-c3ccccc3)cc2)C1. The highest BCUT2D eigenvalue weighted by molar-refractivity contribution is 5.65. The molecule has 0 spiro atoms. The number of nitrogens with one attached hydrogen (secondary N) is 1. The van der Waals surface area contributed by atoms with Crippen LogP contribution in [0.25, 0.3) is 11.1 Å². The monoisotopic (exact) mass is 266 g/mol. The fourth-order valence-corrected chi connectivity index (χ4v) is 2.91. The zero-order chi connectivity index (χ0) is 13.8. The number of rotatable bonds is 3. The highest BCUT2D eigenvalue weighted by Gasteiger charge is 2.16. The van der Waals surface area contributed by atoms with Crippen molar-refractivity contribution in [2.75, 3.05) is 25.5 Å². The first-order valence-corrected chi connectivity index (χ1v) is 7.42. The topological polar surface area (TPSA) is 15.3 Å². The van der Waals surface area contributed by atoms with Gasteiger partial charge in [-0.05, 0) is 49.7 Å². The number of hydrogen-bond acceptors (Lipinski definition) is 2. The van der Waals surface area contributed by atoms with Gasteiger partial charge in [-0.3, -0.25) is 0 Å². The van der Waals surface area contributed by atoms with Gasteiger partial charge < -0.3 is 10.2 Å². The third kappa shape index (κ3) is 3.20. The summed E-state index contributed by atoms with van der Waals surface area (Å²) in [6.45, 7) is 2.37. The molecule has 2 nitrogen and oxygen atoms in total. The Kier molecular flexibility index (Phi) is 4.03. The molecule has 0 aromatic heterocycles. The molecule has 20 heavy (non-hydrogen) atoms. The molecule has 1 aliphatic heterocycles. The van der Waals surface area contributed by atoms with E-state index in [2.05, 4.69) is 71.9 Å². The highest BCUT2D eigenvalue weighted by Crippen LogP contribution is 2.22. The maximum Gasteiger partial charge on any atom is 0.0388 e. The van der Waals surface area contributed by atoms with Gasteiger partial charge in [0.15, 0.2) is 0 Å². The second kappa shape index (κ2) is 6.10. The molecule has 1 heterocycles. The lowest BCUT2D eigenvalue weighted by molar-refractivity contribution is 0.261. The molecule has 0 aliphatic carbocycles. The molecule has 1 aliphatic rings. The summed E-state index contributed by atoms with van der Waals surface area (Å²) in [5, 5.41) is 3.65. The van der Waals surface area contributed by atoms with Gasteiger partial charge in [0, 0.05) is 18.3 Å². The molecule has 1 N–H and O–H groups in total. The minimum atomic E-state index is 0.580. The van der Waals surface area contributed by atoms with Crippen LogP contribution < -0.4 is 5.32 Å². The van der Waals surface area contributed by atoms with Crippen LogP contribution in [-0.4, -0.2) is 31.1 Å². The largest absolute Gasteiger partial charge is 0.381 e. The number of piperidine rings is 1. The molecular weight excluding hydrogens is 244 g/mol. The summed E-state index contributed by atoms with van der Waals surface area (Å²) in [5.74, 6) is 0. The van der Waals surface area contributed by atoms with Gasteiger partial charge in [0.05, 0.1) is 0 Å². The van der Waals surface area contributed by atoms with E-state index in [1.165, 1.54) is 36.2 Å². The minimum absolute atomic E-state index is 0.580. The zero-order valence-electron chi connectivity index (χ0n) is 12.0. The number of nitrogens with zero attached hydrogens (tertiary/aromatic N) is 1. The van der Waals surface area contributed by atoms with E-state index in [1.807, 2.05) is 0 Å². The van der Waals surface area contributed by atoms with Crippen molar-refractivity contribution in [1.82, 2.24) is 4.90 Å². The lowest BCUT2D eigenvalue weighted by Gasteiger charge is -2.30. The molecule has 2 aromatic rings. The summed E-state index contributed by atoms with van der Waals surface area (Å²) in [5.41, 5.74) is 3.78. The average molecular weight is 266 g/mol. The summed E-state index contributed by atoms with van der Waals surface area (Å²) in [6, 6.07) is 19.9. The molecule has 1 atom stereocenters. The predicted molar refractivity (Wildman–Crippen MR) is 86.0 cm³/mol. The van der Waals surface area contributed by atoms with Crippen LogP contribution >= 0.6 is 0 Å². The van der Waals surface area contributed by atoms with E-state index in [0.29, 0.717) is 6.04 Å². The molecule has 0 bridgehead atoms. The van der Waals surface area contributed by atoms with Crippen molar-refractivity contribution in [3.63, 3.8) is 0 Å². The van der Waals surface area contributed by atoms with Crippen LogP contribution in [0.5, 0.6) is 0 Å². The minimum Gasteiger partial charge on any atom is -0.381 e. The van der Waals surface area contributed by atoms with Gasteiger partial charge in [-0.1, -0.05) is 42.5 Å². The molecule has 104 valence electrons. The van der Waals surface area contributed by atoms with Gasteiger partial charge in [-0.2, -0.15) is 0 Å². The molecule has 1 fully saturated rings. The predicted octanol–water partition coefficient (Wildman–Crippen LogP) is 3.86. The lowest BCUT2D eigenvalue weighted by Crippen LogP contribution is -2.39. The van der Waals surface area contributed by atoms with E-state index in [-0.39, 0.29) is 0 Å². The first kappa shape index (κ1) is 13.2. The van der Waals surface area contributed by atoms with Crippen molar-refractivity contribution in [1.29, 1.82) is 0 Å². The van der Waals surface area contributed by atoms with E-state index in [4.69, 9.17) is 0 Å². The Hall–Kier alpha value is -1.80. The van der Waals surface area contributed by atoms with Gasteiger partial charge in [-0.15, -0.1) is 0 Å². The van der Waals surface area contributed by atoms with Crippen LogP contribution in [0.1, 0.15) is 12.8 Å². The Morgan fingerprint density at radius 2 is 1.65 bits per heavy atom. The van der Waals surface area contributed by atoms with Gasteiger partial charge in [0.1, 0.15) is 0 Å². The van der Waals surface area contributed by atoms with E-state index in [0.717, 1.165) is 6.54 Å². The fraction of sp³-hybridized carbons (Fsp3) is 0.333. The van der Waals surface area contributed by atoms with Crippen molar-refractivity contribution in [2.45, 2.75) is 18.9 Å². The van der Waals surface area contributed by atoms with Crippen LogP contribution in [-0.2, 0) is 0 Å². The lowest BCUT2D eigenvalue weighted by atomic mass is 10.0. The van der Waals surface area contributed by atoms with E-state index in [1.54, 1.807) is 0 Å². The molecule has 0 amide bonds. The van der Waals surface area contributed by atoms with Crippen molar-refractivity contribution >= 4 is 5.69 Å². The third-order valence-corrected chi connectivity index (χ3v) is 3.99. The Balaban J connectivity index is 1.67. The van der Waals surface area contributed by atoms with Gasteiger partial charge >= 0.3 is 0 Å². The van der Waals surface area contributed by atoms with Crippen LogP contribution in [0.2, 0.25) is 0 Å². The van der Waals surface area contributed by atoms with Crippen LogP contribution in [0, 0.1) is 0 Å². The number of benzene rings is 2. The quantitative estimate of drug-likeness (QED) is 0.907. The Morgan fingerprint density at radius 3 is 2.35 bits per heavy atom. The fourth-order valence-electron chi connectivity index (χ4n) is 2.91. The van der Waals surface area contributed by atoms with Crippen molar-refractivity contribution in [3.05, 3.63) is 54.6 Å². The number of anilines is 1. The summed E-state index contributed by atoms with van der Waals surface area (Å²) < 4.78 is 0. The molecule has 1 saturated heterocycles. The molecule has 2 heteroatoms. The standard InChI is InChI=1S/C18H22N2/c1-20-13-5-8-18(14-20)19-17-11-9-16(10-12-17)15-6-3-2-4-7-15/h2-4,6-7,9-12,18-19H,5,8,13-14H2,1H3. The molecule has 1 unspecified atom stereocenters. The highest BCUT2D eigenvalue weighted by atomic mass is 15.1. The van der Waals surface area contributed by atoms with Crippen molar-refractivity contribution < 1.29 is 0 Å². The molecule has 2 aromatic carbocycles. The smallest absolute Gasteiger partial charge is 0.0388 e. The maximum absolute atomic E-state index is 3.65. The van der Waals surface area contributed by atoms with Crippen LogP contribution in [0.15, 0.2) is 54.6 Å². The maximum atomic E-state index is 3.65. The Bertz CT molecular complexity index is 533. The summed E-state index contributed by atoms with van der Waals surface area (Å²) >= 11 is 0. The molecule has 0 radical (unpaired) electrons. The average Bonchev–Trinajstić information content (AvgIpc) is 2.49. The molecular formula is C18H22N2. The van der Waals surface area contributed by atoms with Crippen LogP contribution in [0.4, 0.5) is 5.69 Å². The van der Waals surface area contributed by atoms with E-state index in [9.17, 15) is 0 Å². The molecule has 0 saturated carbocycles. The zero-order valence-corrected chi connectivity index (χ0v) is 12.0. The summed E-state index contributed by atoms with van der Waals surface area (Å²) in [4.78, 5) is 2.40. The van der Waals surface area contributed by atoms with Gasteiger partial charge in [0.25, 0.3) is 0 Å². The number of likely N-dealkylation sites (tertiary alicyclic amines) is 1. The number of hydrogen-bond donors (Lipinski definition) is 1. The Labute approximate surface area is 121 Å².